The van der Waals surface area contributed by atoms with E-state index in [0.29, 0.717) is 0 Å². The van der Waals surface area contributed by atoms with E-state index in [1.54, 1.807) is 14.0 Å². The van der Waals surface area contributed by atoms with Gasteiger partial charge in [0, 0.05) is 13.3 Å². The molecule has 2 rings (SSSR count). The van der Waals surface area contributed by atoms with Crippen molar-refractivity contribution < 1.29 is 9.53 Å². The summed E-state index contributed by atoms with van der Waals surface area (Å²) in [5, 5.41) is 0.990. The molecule has 0 aliphatic rings. The minimum absolute atomic E-state index is 0.104. The van der Waals surface area contributed by atoms with Crippen molar-refractivity contribution in [2.45, 2.75) is 33.1 Å². The summed E-state index contributed by atoms with van der Waals surface area (Å²) >= 11 is 1.51. The lowest BCUT2D eigenvalue weighted by Gasteiger charge is -2.02. The predicted octanol–water partition coefficient (Wildman–Crippen LogP) is 4.07. The van der Waals surface area contributed by atoms with Crippen LogP contribution in [0.3, 0.4) is 0 Å². The normalized spacial score (nSPS) is 10.8. The van der Waals surface area contributed by atoms with Gasteiger partial charge in [-0.15, -0.1) is 11.3 Å². The van der Waals surface area contributed by atoms with Crippen LogP contribution in [0.2, 0.25) is 0 Å². The van der Waals surface area contributed by atoms with Gasteiger partial charge >= 0.3 is 0 Å². The third-order valence-corrected chi connectivity index (χ3v) is 4.25. The Hall–Kier alpha value is -1.68. The van der Waals surface area contributed by atoms with E-state index in [-0.39, 0.29) is 11.7 Å². The van der Waals surface area contributed by atoms with Gasteiger partial charge in [-0.1, -0.05) is 26.0 Å². The first kappa shape index (κ1) is 14.7. The first-order valence-electron chi connectivity index (χ1n) is 6.64. The van der Waals surface area contributed by atoms with Crippen molar-refractivity contribution >= 4 is 17.1 Å². The van der Waals surface area contributed by atoms with Crippen molar-refractivity contribution in [3.8, 4) is 5.75 Å². The molecule has 2 aromatic rings. The molecule has 0 radical (unpaired) electrons. The number of rotatable bonds is 5. The molecule has 0 N–H and O–H groups in total. The van der Waals surface area contributed by atoms with Crippen molar-refractivity contribution in [2.75, 3.05) is 7.11 Å². The first-order valence-corrected chi connectivity index (χ1v) is 7.46. The van der Waals surface area contributed by atoms with Crippen LogP contribution >= 0.6 is 11.3 Å². The SMILES string of the molecule is COc1ccc(Cc2nc(C(C)C)c(C(C)=O)s2)cc1. The number of carbonyl (C=O) groups excluding carboxylic acids is 1. The van der Waals surface area contributed by atoms with E-state index in [1.165, 1.54) is 16.9 Å². The second-order valence-electron chi connectivity index (χ2n) is 5.06. The standard InChI is InChI=1S/C16H19NO2S/c1-10(2)15-16(11(3)18)20-14(17-15)9-12-5-7-13(19-4)8-6-12/h5-8,10H,9H2,1-4H3. The molecule has 1 aromatic carbocycles. The summed E-state index contributed by atoms with van der Waals surface area (Å²) in [6.45, 7) is 5.74. The number of hydrogen-bond acceptors (Lipinski definition) is 4. The maximum Gasteiger partial charge on any atom is 0.171 e. The van der Waals surface area contributed by atoms with Crippen LogP contribution in [0, 0.1) is 0 Å². The summed E-state index contributed by atoms with van der Waals surface area (Å²) in [4.78, 5) is 17.1. The van der Waals surface area contributed by atoms with E-state index >= 15 is 0 Å². The van der Waals surface area contributed by atoms with Crippen LogP contribution in [0.4, 0.5) is 0 Å². The number of aromatic nitrogens is 1. The molecular weight excluding hydrogens is 270 g/mol. The van der Waals surface area contributed by atoms with E-state index in [4.69, 9.17) is 4.74 Å². The summed E-state index contributed by atoms with van der Waals surface area (Å²) in [5.74, 6) is 1.22. The average molecular weight is 289 g/mol. The number of ketones is 1. The third-order valence-electron chi connectivity index (χ3n) is 3.08. The van der Waals surface area contributed by atoms with Crippen LogP contribution in [-0.2, 0) is 6.42 Å². The molecule has 0 aliphatic carbocycles. The molecule has 0 spiro atoms. The van der Waals surface area contributed by atoms with Crippen molar-refractivity contribution in [3.63, 3.8) is 0 Å². The van der Waals surface area contributed by atoms with Crippen LogP contribution in [0.5, 0.6) is 5.75 Å². The van der Waals surface area contributed by atoms with E-state index < -0.39 is 0 Å². The Morgan fingerprint density at radius 3 is 2.40 bits per heavy atom. The number of thiazole rings is 1. The third kappa shape index (κ3) is 3.25. The molecule has 0 amide bonds. The fourth-order valence-electron chi connectivity index (χ4n) is 2.02. The molecule has 106 valence electrons. The smallest absolute Gasteiger partial charge is 0.171 e. The topological polar surface area (TPSA) is 39.2 Å². The Morgan fingerprint density at radius 1 is 1.30 bits per heavy atom. The molecular formula is C16H19NO2S. The maximum atomic E-state index is 11.7. The van der Waals surface area contributed by atoms with Gasteiger partial charge in [0.1, 0.15) is 5.75 Å². The summed E-state index contributed by atoms with van der Waals surface area (Å²) in [5.41, 5.74) is 2.09. The molecule has 20 heavy (non-hydrogen) atoms. The van der Waals surface area contributed by atoms with Gasteiger partial charge in [0.2, 0.25) is 0 Å². The molecule has 0 atom stereocenters. The summed E-state index contributed by atoms with van der Waals surface area (Å²) in [6.07, 6.45) is 0.752. The first-order chi connectivity index (χ1) is 9.51. The van der Waals surface area contributed by atoms with Crippen molar-refractivity contribution in [3.05, 3.63) is 45.4 Å². The Balaban J connectivity index is 2.24. The maximum absolute atomic E-state index is 11.7. The molecule has 4 heteroatoms. The van der Waals surface area contributed by atoms with Gasteiger partial charge < -0.3 is 4.74 Å². The monoisotopic (exact) mass is 289 g/mol. The summed E-state index contributed by atoms with van der Waals surface area (Å²) < 4.78 is 5.15. The highest BCUT2D eigenvalue weighted by Gasteiger charge is 2.17. The number of carbonyl (C=O) groups is 1. The van der Waals surface area contributed by atoms with E-state index in [1.807, 2.05) is 24.3 Å². The fourth-order valence-corrected chi connectivity index (χ4v) is 3.16. The molecule has 0 fully saturated rings. The van der Waals surface area contributed by atoms with Crippen LogP contribution in [0.25, 0.3) is 0 Å². The van der Waals surface area contributed by atoms with Crippen molar-refractivity contribution in [2.24, 2.45) is 0 Å². The van der Waals surface area contributed by atoms with Crippen LogP contribution < -0.4 is 4.74 Å². The lowest BCUT2D eigenvalue weighted by atomic mass is 10.1. The highest BCUT2D eigenvalue weighted by atomic mass is 32.1. The summed E-state index contributed by atoms with van der Waals surface area (Å²) in [6, 6.07) is 7.95. The molecule has 3 nitrogen and oxygen atoms in total. The van der Waals surface area contributed by atoms with E-state index in [9.17, 15) is 4.79 Å². The number of Topliss-reactive ketones (excluding diaryl/α,β-unsaturated/α-hetero) is 1. The van der Waals surface area contributed by atoms with Gasteiger partial charge in [0.25, 0.3) is 0 Å². The second kappa shape index (κ2) is 6.18. The van der Waals surface area contributed by atoms with Crippen LogP contribution in [0.1, 0.15) is 52.6 Å². The molecule has 0 aliphatic heterocycles. The quantitative estimate of drug-likeness (QED) is 0.779. The Bertz CT molecular complexity index is 599. The Labute approximate surface area is 123 Å². The fraction of sp³-hybridized carbons (Fsp3) is 0.375. The highest BCUT2D eigenvalue weighted by molar-refractivity contribution is 7.13. The number of ether oxygens (including phenoxy) is 1. The number of methoxy groups -OCH3 is 1. The van der Waals surface area contributed by atoms with E-state index in [2.05, 4.69) is 18.8 Å². The Morgan fingerprint density at radius 2 is 1.95 bits per heavy atom. The van der Waals surface area contributed by atoms with Crippen molar-refractivity contribution in [1.82, 2.24) is 4.98 Å². The lowest BCUT2D eigenvalue weighted by Crippen LogP contribution is -1.97. The summed E-state index contributed by atoms with van der Waals surface area (Å²) in [7, 11) is 1.66. The zero-order chi connectivity index (χ0) is 14.7. The van der Waals surface area contributed by atoms with Gasteiger partial charge in [0.15, 0.2) is 5.78 Å². The average Bonchev–Trinajstić information content (AvgIpc) is 2.84. The Kier molecular flexibility index (Phi) is 4.55. The lowest BCUT2D eigenvalue weighted by molar-refractivity contribution is 0.102. The zero-order valence-electron chi connectivity index (χ0n) is 12.3. The molecule has 0 bridgehead atoms. The van der Waals surface area contributed by atoms with Gasteiger partial charge in [-0.2, -0.15) is 0 Å². The number of nitrogens with zero attached hydrogens (tertiary/aromatic N) is 1. The van der Waals surface area contributed by atoms with Gasteiger partial charge in [0.05, 0.1) is 22.7 Å². The predicted molar refractivity (Wildman–Crippen MR) is 82.0 cm³/mol. The van der Waals surface area contributed by atoms with Gasteiger partial charge in [-0.05, 0) is 23.6 Å². The van der Waals surface area contributed by atoms with Crippen molar-refractivity contribution in [1.29, 1.82) is 0 Å². The number of hydrogen-bond donors (Lipinski definition) is 0. The molecule has 0 unspecified atom stereocenters. The molecule has 0 saturated heterocycles. The van der Waals surface area contributed by atoms with Crippen LogP contribution in [-0.4, -0.2) is 17.9 Å². The molecule has 1 heterocycles. The minimum Gasteiger partial charge on any atom is -0.497 e. The van der Waals surface area contributed by atoms with E-state index in [0.717, 1.165) is 27.7 Å². The second-order valence-corrected chi connectivity index (χ2v) is 6.14. The minimum atomic E-state index is 0.104. The van der Waals surface area contributed by atoms with Crippen LogP contribution in [0.15, 0.2) is 24.3 Å². The number of benzene rings is 1. The molecule has 0 saturated carbocycles. The zero-order valence-corrected chi connectivity index (χ0v) is 13.1. The van der Waals surface area contributed by atoms with Gasteiger partial charge in [-0.3, -0.25) is 4.79 Å². The largest absolute Gasteiger partial charge is 0.497 e. The molecule has 1 aromatic heterocycles. The highest BCUT2D eigenvalue weighted by Crippen LogP contribution is 2.27. The van der Waals surface area contributed by atoms with Gasteiger partial charge in [-0.25, -0.2) is 4.98 Å².